The van der Waals surface area contributed by atoms with Crippen LogP contribution in [-0.2, 0) is 6.42 Å². The molecule has 0 spiro atoms. The van der Waals surface area contributed by atoms with Crippen molar-refractivity contribution in [1.29, 1.82) is 0 Å². The summed E-state index contributed by atoms with van der Waals surface area (Å²) in [5.41, 5.74) is 1.61. The zero-order valence-corrected chi connectivity index (χ0v) is 17.7. The van der Waals surface area contributed by atoms with Gasteiger partial charge in [-0.3, -0.25) is 4.79 Å². The van der Waals surface area contributed by atoms with Gasteiger partial charge in [0.15, 0.2) is 0 Å². The van der Waals surface area contributed by atoms with E-state index in [1.54, 1.807) is 7.11 Å². The summed E-state index contributed by atoms with van der Waals surface area (Å²) in [5, 5.41) is 0.869. The second-order valence-electron chi connectivity index (χ2n) is 7.32. The lowest BCUT2D eigenvalue weighted by molar-refractivity contribution is 0.0674. The molecule has 4 rings (SSSR count). The van der Waals surface area contributed by atoms with Crippen LogP contribution < -0.4 is 9.64 Å². The Bertz CT molecular complexity index is 1020. The summed E-state index contributed by atoms with van der Waals surface area (Å²) in [6, 6.07) is 13.6. The molecule has 3 aromatic rings. The number of anilines is 1. The van der Waals surface area contributed by atoms with Crippen molar-refractivity contribution >= 4 is 22.6 Å². The van der Waals surface area contributed by atoms with Crippen LogP contribution in [0.3, 0.4) is 0 Å². The van der Waals surface area contributed by atoms with Crippen LogP contribution in [-0.4, -0.2) is 53.0 Å². The van der Waals surface area contributed by atoms with Crippen LogP contribution in [0.4, 0.5) is 9.52 Å². The van der Waals surface area contributed by atoms with E-state index in [9.17, 15) is 9.18 Å². The SMILES string of the molecule is COc1cccc(Cc2nsc(N3CCN(C(=O)c4ccc(F)cc4)C(C)C3)n2)c1. The number of amides is 1. The molecule has 1 saturated heterocycles. The standard InChI is InChI=1S/C22H23FN4O2S/c1-15-14-26(10-11-27(15)21(28)17-6-8-18(23)9-7-17)22-24-20(25-30-22)13-16-4-3-5-19(12-16)29-2/h3-9,12,15H,10-11,13-14H2,1-2H3. The number of hydrogen-bond donors (Lipinski definition) is 0. The second kappa shape index (κ2) is 8.79. The zero-order valence-electron chi connectivity index (χ0n) is 16.9. The molecule has 8 heteroatoms. The van der Waals surface area contributed by atoms with Gasteiger partial charge in [0.05, 0.1) is 7.11 Å². The Labute approximate surface area is 179 Å². The maximum Gasteiger partial charge on any atom is 0.254 e. The number of piperazine rings is 1. The molecule has 0 aliphatic carbocycles. The van der Waals surface area contributed by atoms with Crippen LogP contribution in [0, 0.1) is 5.82 Å². The molecular weight excluding hydrogens is 403 g/mol. The van der Waals surface area contributed by atoms with E-state index in [2.05, 4.69) is 9.27 Å². The van der Waals surface area contributed by atoms with E-state index in [1.807, 2.05) is 36.1 Å². The minimum absolute atomic E-state index is 0.0158. The van der Waals surface area contributed by atoms with E-state index in [-0.39, 0.29) is 17.8 Å². The molecule has 2 heterocycles. The molecule has 156 valence electrons. The highest BCUT2D eigenvalue weighted by Gasteiger charge is 2.29. The molecule has 1 fully saturated rings. The summed E-state index contributed by atoms with van der Waals surface area (Å²) in [4.78, 5) is 21.5. The first-order chi connectivity index (χ1) is 14.5. The molecule has 1 amide bonds. The van der Waals surface area contributed by atoms with Crippen molar-refractivity contribution in [3.05, 3.63) is 71.3 Å². The highest BCUT2D eigenvalue weighted by molar-refractivity contribution is 7.09. The van der Waals surface area contributed by atoms with E-state index >= 15 is 0 Å². The summed E-state index contributed by atoms with van der Waals surface area (Å²) in [5.74, 6) is 1.18. The topological polar surface area (TPSA) is 58.6 Å². The third-order valence-electron chi connectivity index (χ3n) is 5.20. The fourth-order valence-electron chi connectivity index (χ4n) is 3.60. The number of methoxy groups -OCH3 is 1. The van der Waals surface area contributed by atoms with Crippen LogP contribution in [0.1, 0.15) is 28.7 Å². The third-order valence-corrected chi connectivity index (χ3v) is 6.02. The fraction of sp³-hybridized carbons (Fsp3) is 0.318. The van der Waals surface area contributed by atoms with Crippen LogP contribution >= 0.6 is 11.5 Å². The van der Waals surface area contributed by atoms with Crippen LogP contribution in [0.2, 0.25) is 0 Å². The van der Waals surface area contributed by atoms with Gasteiger partial charge in [0, 0.05) is 49.2 Å². The lowest BCUT2D eigenvalue weighted by Gasteiger charge is -2.39. The van der Waals surface area contributed by atoms with Gasteiger partial charge in [-0.25, -0.2) is 9.37 Å². The largest absolute Gasteiger partial charge is 0.497 e. The predicted octanol–water partition coefficient (Wildman–Crippen LogP) is 3.63. The normalized spacial score (nSPS) is 16.6. The average molecular weight is 427 g/mol. The summed E-state index contributed by atoms with van der Waals surface area (Å²) >= 11 is 1.38. The number of carbonyl (C=O) groups excluding carboxylic acids is 1. The van der Waals surface area contributed by atoms with Crippen LogP contribution in [0.15, 0.2) is 48.5 Å². The van der Waals surface area contributed by atoms with Crippen molar-refractivity contribution in [3.63, 3.8) is 0 Å². The average Bonchev–Trinajstić information content (AvgIpc) is 3.22. The predicted molar refractivity (Wildman–Crippen MR) is 115 cm³/mol. The van der Waals surface area contributed by atoms with Gasteiger partial charge in [-0.15, -0.1) is 0 Å². The van der Waals surface area contributed by atoms with Gasteiger partial charge in [0.2, 0.25) is 5.13 Å². The lowest BCUT2D eigenvalue weighted by atomic mass is 10.1. The lowest BCUT2D eigenvalue weighted by Crippen LogP contribution is -2.54. The minimum atomic E-state index is -0.342. The van der Waals surface area contributed by atoms with Crippen molar-refractivity contribution in [2.24, 2.45) is 0 Å². The Hall–Kier alpha value is -3.00. The van der Waals surface area contributed by atoms with E-state index in [0.717, 1.165) is 22.3 Å². The van der Waals surface area contributed by atoms with E-state index in [0.29, 0.717) is 31.6 Å². The molecule has 1 atom stereocenters. The summed E-state index contributed by atoms with van der Waals surface area (Å²) in [7, 11) is 1.65. The van der Waals surface area contributed by atoms with E-state index < -0.39 is 0 Å². The molecule has 1 aliphatic heterocycles. The second-order valence-corrected chi connectivity index (χ2v) is 8.05. The summed E-state index contributed by atoms with van der Waals surface area (Å²) in [6.45, 7) is 3.97. The quantitative estimate of drug-likeness (QED) is 0.624. The van der Waals surface area contributed by atoms with Gasteiger partial charge < -0.3 is 14.5 Å². The van der Waals surface area contributed by atoms with Crippen LogP contribution in [0.5, 0.6) is 5.75 Å². The molecule has 1 aliphatic rings. The molecule has 30 heavy (non-hydrogen) atoms. The summed E-state index contributed by atoms with van der Waals surface area (Å²) in [6.07, 6.45) is 0.645. The van der Waals surface area contributed by atoms with Crippen molar-refractivity contribution in [2.75, 3.05) is 31.6 Å². The molecule has 6 nitrogen and oxygen atoms in total. The van der Waals surface area contributed by atoms with E-state index in [4.69, 9.17) is 9.72 Å². The van der Waals surface area contributed by atoms with E-state index in [1.165, 1.54) is 35.8 Å². The minimum Gasteiger partial charge on any atom is -0.497 e. The molecular formula is C22H23FN4O2S. The number of aromatic nitrogens is 2. The van der Waals surface area contributed by atoms with Gasteiger partial charge in [0.1, 0.15) is 17.4 Å². The van der Waals surface area contributed by atoms with Crippen molar-refractivity contribution in [3.8, 4) is 5.75 Å². The number of carbonyl (C=O) groups is 1. The monoisotopic (exact) mass is 426 g/mol. The number of halogens is 1. The first-order valence-corrected chi connectivity index (χ1v) is 10.6. The molecule has 1 unspecified atom stereocenters. The number of ether oxygens (including phenoxy) is 1. The number of rotatable bonds is 5. The Morgan fingerprint density at radius 2 is 2.03 bits per heavy atom. The molecule has 2 aromatic carbocycles. The van der Waals surface area contributed by atoms with Gasteiger partial charge in [-0.1, -0.05) is 12.1 Å². The van der Waals surface area contributed by atoms with Crippen molar-refractivity contribution < 1.29 is 13.9 Å². The number of nitrogens with zero attached hydrogens (tertiary/aromatic N) is 4. The summed E-state index contributed by atoms with van der Waals surface area (Å²) < 4.78 is 22.9. The highest BCUT2D eigenvalue weighted by Crippen LogP contribution is 2.24. The zero-order chi connectivity index (χ0) is 21.1. The smallest absolute Gasteiger partial charge is 0.254 e. The number of hydrogen-bond acceptors (Lipinski definition) is 6. The maximum atomic E-state index is 13.1. The Morgan fingerprint density at radius 1 is 1.23 bits per heavy atom. The first kappa shape index (κ1) is 20.3. The first-order valence-electron chi connectivity index (χ1n) is 9.80. The van der Waals surface area contributed by atoms with Crippen LogP contribution in [0.25, 0.3) is 0 Å². The Morgan fingerprint density at radius 3 is 2.77 bits per heavy atom. The highest BCUT2D eigenvalue weighted by atomic mass is 32.1. The van der Waals surface area contributed by atoms with Gasteiger partial charge in [0.25, 0.3) is 5.91 Å². The van der Waals surface area contributed by atoms with Crippen molar-refractivity contribution in [1.82, 2.24) is 14.3 Å². The molecule has 0 bridgehead atoms. The number of benzene rings is 2. The third kappa shape index (κ3) is 4.43. The Balaban J connectivity index is 1.40. The molecule has 1 aromatic heterocycles. The maximum absolute atomic E-state index is 13.1. The molecule has 0 saturated carbocycles. The fourth-order valence-corrected chi connectivity index (χ4v) is 4.32. The van der Waals surface area contributed by atoms with Gasteiger partial charge in [-0.2, -0.15) is 4.37 Å². The molecule has 0 radical (unpaired) electrons. The van der Waals surface area contributed by atoms with Gasteiger partial charge >= 0.3 is 0 Å². The van der Waals surface area contributed by atoms with Gasteiger partial charge in [-0.05, 0) is 48.9 Å². The Kier molecular flexibility index (Phi) is 5.94. The van der Waals surface area contributed by atoms with Crippen molar-refractivity contribution in [2.45, 2.75) is 19.4 Å². The molecule has 0 N–H and O–H groups in total.